The van der Waals surface area contributed by atoms with Gasteiger partial charge in [-0.1, -0.05) is 63.9 Å². The van der Waals surface area contributed by atoms with Crippen LogP contribution in [0.1, 0.15) is 51.6 Å². The summed E-state index contributed by atoms with van der Waals surface area (Å²) in [6, 6.07) is 11.6. The minimum absolute atomic E-state index is 0.133. The summed E-state index contributed by atoms with van der Waals surface area (Å²) in [6.07, 6.45) is 3.53. The molecule has 1 nitrogen and oxygen atoms in total. The highest BCUT2D eigenvalue weighted by Gasteiger charge is 2.15. The van der Waals surface area contributed by atoms with Crippen molar-refractivity contribution in [2.24, 2.45) is 5.92 Å². The highest BCUT2D eigenvalue weighted by molar-refractivity contribution is 5.86. The minimum Gasteiger partial charge on any atom is -0.310 e. The zero-order valence-electron chi connectivity index (χ0n) is 13.3. The summed E-state index contributed by atoms with van der Waals surface area (Å²) < 4.78 is 14.0. The Labute approximate surface area is 127 Å². The Balaban J connectivity index is 2.29. The predicted octanol–water partition coefficient (Wildman–Crippen LogP) is 5.46. The monoisotopic (exact) mass is 287 g/mol. The van der Waals surface area contributed by atoms with E-state index in [2.05, 4.69) is 26.1 Å². The molecule has 0 aliphatic rings. The lowest BCUT2D eigenvalue weighted by molar-refractivity contribution is 0.457. The number of hydrogen-bond acceptors (Lipinski definition) is 1. The van der Waals surface area contributed by atoms with Crippen molar-refractivity contribution in [1.82, 2.24) is 5.32 Å². The Hall–Kier alpha value is -1.41. The van der Waals surface area contributed by atoms with E-state index in [0.717, 1.165) is 29.7 Å². The molecule has 1 unspecified atom stereocenters. The second kappa shape index (κ2) is 7.56. The average Bonchev–Trinajstić information content (AvgIpc) is 2.47. The van der Waals surface area contributed by atoms with Gasteiger partial charge in [-0.3, -0.25) is 0 Å². The molecule has 0 aromatic heterocycles. The number of hydrogen-bond donors (Lipinski definition) is 1. The first-order valence-corrected chi connectivity index (χ1v) is 8.04. The maximum atomic E-state index is 14.0. The Kier molecular flexibility index (Phi) is 5.75. The molecule has 1 N–H and O–H groups in total. The lowest BCUT2D eigenvalue weighted by Gasteiger charge is -2.21. The van der Waals surface area contributed by atoms with Crippen LogP contribution in [-0.4, -0.2) is 6.54 Å². The summed E-state index contributed by atoms with van der Waals surface area (Å²) >= 11 is 0. The van der Waals surface area contributed by atoms with Gasteiger partial charge in [-0.2, -0.15) is 0 Å². The van der Waals surface area contributed by atoms with E-state index in [9.17, 15) is 4.39 Å². The fraction of sp³-hybridized carbons (Fsp3) is 0.474. The van der Waals surface area contributed by atoms with Crippen LogP contribution in [0.15, 0.2) is 36.4 Å². The van der Waals surface area contributed by atoms with Gasteiger partial charge in [0, 0.05) is 11.4 Å². The molecule has 0 saturated heterocycles. The zero-order chi connectivity index (χ0) is 15.2. The molecule has 0 amide bonds. The summed E-state index contributed by atoms with van der Waals surface area (Å²) in [6.45, 7) is 7.57. The van der Waals surface area contributed by atoms with Crippen LogP contribution in [0.2, 0.25) is 0 Å². The van der Waals surface area contributed by atoms with E-state index >= 15 is 0 Å². The molecule has 114 valence electrons. The van der Waals surface area contributed by atoms with Gasteiger partial charge in [-0.15, -0.1) is 0 Å². The average molecular weight is 287 g/mol. The Morgan fingerprint density at radius 1 is 1.00 bits per heavy atom. The first-order chi connectivity index (χ1) is 10.1. The SMILES string of the molecule is CCNC(CCCC(C)C)c1ccc(F)c2ccccc12. The summed E-state index contributed by atoms with van der Waals surface area (Å²) in [7, 11) is 0. The van der Waals surface area contributed by atoms with Crippen molar-refractivity contribution in [2.75, 3.05) is 6.54 Å². The van der Waals surface area contributed by atoms with Gasteiger partial charge in [0.05, 0.1) is 0 Å². The summed E-state index contributed by atoms with van der Waals surface area (Å²) in [4.78, 5) is 0. The van der Waals surface area contributed by atoms with E-state index in [4.69, 9.17) is 0 Å². The van der Waals surface area contributed by atoms with Crippen LogP contribution in [0.3, 0.4) is 0 Å². The molecule has 0 saturated carbocycles. The second-order valence-corrected chi connectivity index (χ2v) is 6.12. The number of benzene rings is 2. The smallest absolute Gasteiger partial charge is 0.131 e. The van der Waals surface area contributed by atoms with E-state index in [1.807, 2.05) is 30.3 Å². The maximum Gasteiger partial charge on any atom is 0.131 e. The molecule has 0 radical (unpaired) electrons. The van der Waals surface area contributed by atoms with Gasteiger partial charge in [0.1, 0.15) is 5.82 Å². The Morgan fingerprint density at radius 2 is 1.71 bits per heavy atom. The number of fused-ring (bicyclic) bond motifs is 1. The van der Waals surface area contributed by atoms with E-state index < -0.39 is 0 Å². The molecule has 0 fully saturated rings. The Bertz CT molecular complexity index is 577. The van der Waals surface area contributed by atoms with E-state index in [1.54, 1.807) is 6.07 Å². The molecular weight excluding hydrogens is 261 g/mol. The number of nitrogens with one attached hydrogen (secondary N) is 1. The topological polar surface area (TPSA) is 12.0 Å². The molecule has 1 atom stereocenters. The van der Waals surface area contributed by atoms with Crippen molar-refractivity contribution in [3.05, 3.63) is 47.8 Å². The second-order valence-electron chi connectivity index (χ2n) is 6.12. The third-order valence-electron chi connectivity index (χ3n) is 4.00. The van der Waals surface area contributed by atoms with Crippen LogP contribution in [0.5, 0.6) is 0 Å². The molecule has 2 heteroatoms. The molecule has 0 aliphatic carbocycles. The Morgan fingerprint density at radius 3 is 2.38 bits per heavy atom. The summed E-state index contributed by atoms with van der Waals surface area (Å²) in [5.74, 6) is 0.601. The fourth-order valence-corrected chi connectivity index (χ4v) is 2.93. The molecule has 2 aromatic carbocycles. The molecule has 0 bridgehead atoms. The van der Waals surface area contributed by atoms with Crippen molar-refractivity contribution in [1.29, 1.82) is 0 Å². The lowest BCUT2D eigenvalue weighted by Crippen LogP contribution is -2.21. The van der Waals surface area contributed by atoms with Crippen LogP contribution in [0, 0.1) is 11.7 Å². The minimum atomic E-state index is -0.133. The van der Waals surface area contributed by atoms with Gasteiger partial charge in [-0.25, -0.2) is 4.39 Å². The molecular formula is C19H26FN. The molecule has 0 aliphatic heterocycles. The summed E-state index contributed by atoms with van der Waals surface area (Å²) in [5.41, 5.74) is 1.22. The van der Waals surface area contributed by atoms with Crippen LogP contribution in [0.25, 0.3) is 10.8 Å². The first kappa shape index (κ1) is 16.0. The summed E-state index contributed by atoms with van der Waals surface area (Å²) in [5, 5.41) is 5.32. The molecule has 2 aromatic rings. The largest absolute Gasteiger partial charge is 0.310 e. The standard InChI is InChI=1S/C19H26FN/c1-4-21-19(11-7-8-14(2)3)17-12-13-18(20)16-10-6-5-9-15(16)17/h5-6,9-10,12-14,19,21H,4,7-8,11H2,1-3H3. The van der Waals surface area contributed by atoms with Crippen molar-refractivity contribution in [3.63, 3.8) is 0 Å². The highest BCUT2D eigenvalue weighted by atomic mass is 19.1. The quantitative estimate of drug-likeness (QED) is 0.713. The number of halogens is 1. The van der Waals surface area contributed by atoms with Crippen molar-refractivity contribution in [2.45, 2.75) is 46.1 Å². The molecule has 0 heterocycles. The lowest BCUT2D eigenvalue weighted by atomic mass is 9.93. The first-order valence-electron chi connectivity index (χ1n) is 8.04. The van der Waals surface area contributed by atoms with Gasteiger partial charge in [-0.05, 0) is 35.9 Å². The van der Waals surface area contributed by atoms with Gasteiger partial charge in [0.2, 0.25) is 0 Å². The number of rotatable bonds is 7. The molecule has 0 spiro atoms. The third kappa shape index (κ3) is 4.04. The van der Waals surface area contributed by atoms with Gasteiger partial charge >= 0.3 is 0 Å². The van der Waals surface area contributed by atoms with Crippen LogP contribution in [-0.2, 0) is 0 Å². The molecule has 21 heavy (non-hydrogen) atoms. The van der Waals surface area contributed by atoms with Gasteiger partial charge < -0.3 is 5.32 Å². The van der Waals surface area contributed by atoms with Gasteiger partial charge in [0.25, 0.3) is 0 Å². The van der Waals surface area contributed by atoms with Crippen molar-refractivity contribution in [3.8, 4) is 0 Å². The van der Waals surface area contributed by atoms with Crippen LogP contribution < -0.4 is 5.32 Å². The third-order valence-corrected chi connectivity index (χ3v) is 4.00. The fourth-order valence-electron chi connectivity index (χ4n) is 2.93. The van der Waals surface area contributed by atoms with Crippen LogP contribution >= 0.6 is 0 Å². The maximum absolute atomic E-state index is 14.0. The van der Waals surface area contributed by atoms with Crippen molar-refractivity contribution >= 4 is 10.8 Å². The van der Waals surface area contributed by atoms with E-state index in [0.29, 0.717) is 6.04 Å². The highest BCUT2D eigenvalue weighted by Crippen LogP contribution is 2.29. The molecule has 2 rings (SSSR count). The van der Waals surface area contributed by atoms with Crippen molar-refractivity contribution < 1.29 is 4.39 Å². The van der Waals surface area contributed by atoms with E-state index in [1.165, 1.54) is 18.4 Å². The van der Waals surface area contributed by atoms with Gasteiger partial charge in [0.15, 0.2) is 0 Å². The van der Waals surface area contributed by atoms with Crippen LogP contribution in [0.4, 0.5) is 4.39 Å². The zero-order valence-corrected chi connectivity index (χ0v) is 13.3. The predicted molar refractivity (Wildman–Crippen MR) is 89.0 cm³/mol. The van der Waals surface area contributed by atoms with E-state index in [-0.39, 0.29) is 5.82 Å². The normalized spacial score (nSPS) is 13.0.